The maximum absolute atomic E-state index is 12.3. The molecule has 0 fully saturated rings. The highest BCUT2D eigenvalue weighted by atomic mass is 79.9. The lowest BCUT2D eigenvalue weighted by atomic mass is 10.1. The molecular formula is C18H13Br2N3O3. The number of halogens is 2. The van der Waals surface area contributed by atoms with Crippen LogP contribution >= 0.6 is 15.9 Å². The van der Waals surface area contributed by atoms with Crippen molar-refractivity contribution >= 4 is 27.4 Å². The molecule has 0 saturated heterocycles. The normalized spacial score (nSPS) is 10.0. The predicted molar refractivity (Wildman–Crippen MR) is 95.0 cm³/mol. The number of benzene rings is 2. The third-order valence-corrected chi connectivity index (χ3v) is 4.09. The summed E-state index contributed by atoms with van der Waals surface area (Å²) in [5, 5.41) is 10.8. The largest absolute Gasteiger partial charge is 1.00 e. The average molecular weight is 479 g/mol. The SMILES string of the molecule is O=C(C[n+]1ccc(-c2cccc(Br)c2)nc1)c1cccc([N+](=O)[O-])c1.[Br-]. The molecule has 0 saturated carbocycles. The summed E-state index contributed by atoms with van der Waals surface area (Å²) >= 11 is 3.42. The molecule has 0 atom stereocenters. The van der Waals surface area contributed by atoms with Crippen LogP contribution in [-0.4, -0.2) is 15.7 Å². The van der Waals surface area contributed by atoms with Crippen LogP contribution in [0.4, 0.5) is 5.69 Å². The number of rotatable bonds is 5. The number of nitro benzene ring substituents is 1. The van der Waals surface area contributed by atoms with Crippen LogP contribution in [0.15, 0.2) is 71.6 Å². The molecule has 1 aromatic heterocycles. The van der Waals surface area contributed by atoms with Crippen molar-refractivity contribution in [3.63, 3.8) is 0 Å². The van der Waals surface area contributed by atoms with Crippen molar-refractivity contribution in [3.05, 3.63) is 87.3 Å². The highest BCUT2D eigenvalue weighted by molar-refractivity contribution is 9.10. The van der Waals surface area contributed by atoms with Crippen LogP contribution in [0.5, 0.6) is 0 Å². The summed E-state index contributed by atoms with van der Waals surface area (Å²) in [6.45, 7) is 0.0624. The van der Waals surface area contributed by atoms with Gasteiger partial charge in [-0.05, 0) is 17.1 Å². The monoisotopic (exact) mass is 477 g/mol. The van der Waals surface area contributed by atoms with E-state index in [4.69, 9.17) is 0 Å². The number of hydrogen-bond acceptors (Lipinski definition) is 4. The van der Waals surface area contributed by atoms with E-state index in [1.807, 2.05) is 30.3 Å². The predicted octanol–water partition coefficient (Wildman–Crippen LogP) is 0.594. The minimum absolute atomic E-state index is 0. The Morgan fingerprint density at radius 2 is 1.92 bits per heavy atom. The Balaban J connectivity index is 0.00000243. The van der Waals surface area contributed by atoms with E-state index in [2.05, 4.69) is 20.9 Å². The van der Waals surface area contributed by atoms with Crippen molar-refractivity contribution in [1.29, 1.82) is 0 Å². The van der Waals surface area contributed by atoms with Crippen molar-refractivity contribution in [1.82, 2.24) is 4.98 Å². The number of aromatic nitrogens is 2. The fraction of sp³-hybridized carbons (Fsp3) is 0.0556. The lowest BCUT2D eigenvalue weighted by Gasteiger charge is -2.01. The first-order valence-electron chi connectivity index (χ1n) is 7.41. The zero-order valence-corrected chi connectivity index (χ0v) is 16.6. The van der Waals surface area contributed by atoms with Gasteiger partial charge in [0, 0.05) is 33.8 Å². The van der Waals surface area contributed by atoms with Crippen molar-refractivity contribution in [2.45, 2.75) is 6.54 Å². The van der Waals surface area contributed by atoms with Gasteiger partial charge in [-0.1, -0.05) is 40.2 Å². The van der Waals surface area contributed by atoms with Crippen molar-refractivity contribution in [2.24, 2.45) is 0 Å². The summed E-state index contributed by atoms with van der Waals surface area (Å²) in [7, 11) is 0. The van der Waals surface area contributed by atoms with E-state index in [0.29, 0.717) is 5.56 Å². The van der Waals surface area contributed by atoms with Crippen molar-refractivity contribution in [3.8, 4) is 11.3 Å². The molecule has 2 aromatic carbocycles. The Morgan fingerprint density at radius 1 is 1.15 bits per heavy atom. The maximum atomic E-state index is 12.3. The minimum Gasteiger partial charge on any atom is -1.00 e. The molecule has 1 heterocycles. The molecule has 0 spiro atoms. The number of non-ortho nitro benzene ring substituents is 1. The molecule has 0 radical (unpaired) electrons. The highest BCUT2D eigenvalue weighted by Gasteiger charge is 2.15. The van der Waals surface area contributed by atoms with Crippen LogP contribution < -0.4 is 21.5 Å². The molecule has 0 aliphatic heterocycles. The molecule has 26 heavy (non-hydrogen) atoms. The van der Waals surface area contributed by atoms with Gasteiger partial charge >= 0.3 is 0 Å². The zero-order valence-electron chi connectivity index (χ0n) is 13.4. The molecular weight excluding hydrogens is 466 g/mol. The van der Waals surface area contributed by atoms with E-state index in [9.17, 15) is 14.9 Å². The molecule has 8 heteroatoms. The smallest absolute Gasteiger partial charge is 0.287 e. The van der Waals surface area contributed by atoms with Crippen LogP contribution in [-0.2, 0) is 6.54 Å². The molecule has 132 valence electrons. The molecule has 0 bridgehead atoms. The van der Waals surface area contributed by atoms with Crippen LogP contribution in [0.25, 0.3) is 11.3 Å². The molecule has 0 unspecified atom stereocenters. The van der Waals surface area contributed by atoms with Crippen LogP contribution in [0.3, 0.4) is 0 Å². The van der Waals surface area contributed by atoms with Gasteiger partial charge in [0.05, 0.1) is 11.1 Å². The van der Waals surface area contributed by atoms with E-state index in [0.717, 1.165) is 15.7 Å². The highest BCUT2D eigenvalue weighted by Crippen LogP contribution is 2.20. The van der Waals surface area contributed by atoms with Crippen molar-refractivity contribution in [2.75, 3.05) is 0 Å². The second-order valence-corrected chi connectivity index (χ2v) is 6.27. The number of carbonyl (C=O) groups excluding carboxylic acids is 1. The van der Waals surface area contributed by atoms with E-state index in [-0.39, 0.29) is 35.0 Å². The average Bonchev–Trinajstić information content (AvgIpc) is 2.62. The second-order valence-electron chi connectivity index (χ2n) is 5.36. The van der Waals surface area contributed by atoms with Gasteiger partial charge in [-0.2, -0.15) is 0 Å². The summed E-state index contributed by atoms with van der Waals surface area (Å²) in [5.41, 5.74) is 1.96. The molecule has 0 amide bonds. The molecule has 0 aliphatic rings. The quantitative estimate of drug-likeness (QED) is 0.233. The fourth-order valence-corrected chi connectivity index (χ4v) is 2.75. The Labute approximate surface area is 168 Å². The third-order valence-electron chi connectivity index (χ3n) is 3.59. The second kappa shape index (κ2) is 8.77. The first-order chi connectivity index (χ1) is 12.0. The zero-order chi connectivity index (χ0) is 17.8. The van der Waals surface area contributed by atoms with Gasteiger partial charge in [0.2, 0.25) is 5.78 Å². The van der Waals surface area contributed by atoms with Gasteiger partial charge in [0.25, 0.3) is 12.0 Å². The first kappa shape index (κ1) is 19.9. The topological polar surface area (TPSA) is 77.0 Å². The van der Waals surface area contributed by atoms with Gasteiger partial charge in [0.15, 0.2) is 12.2 Å². The molecule has 6 nitrogen and oxygen atoms in total. The van der Waals surface area contributed by atoms with Gasteiger partial charge in [-0.25, -0.2) is 4.57 Å². The molecule has 0 N–H and O–H groups in total. The Morgan fingerprint density at radius 3 is 2.58 bits per heavy atom. The summed E-state index contributed by atoms with van der Waals surface area (Å²) in [4.78, 5) is 27.0. The van der Waals surface area contributed by atoms with Gasteiger partial charge < -0.3 is 17.0 Å². The number of carbonyl (C=O) groups is 1. The lowest BCUT2D eigenvalue weighted by molar-refractivity contribution is -0.686. The summed E-state index contributed by atoms with van der Waals surface area (Å²) in [6.07, 6.45) is 3.34. The maximum Gasteiger partial charge on any atom is 0.287 e. The van der Waals surface area contributed by atoms with Gasteiger partial charge in [-0.3, -0.25) is 14.9 Å². The van der Waals surface area contributed by atoms with Gasteiger partial charge in [-0.15, -0.1) is 0 Å². The molecule has 0 aliphatic carbocycles. The standard InChI is InChI=1S/C18H13BrN3O3.BrH/c19-15-5-1-3-13(9-15)17-7-8-21(12-20-17)11-18(23)14-4-2-6-16(10-14)22(24)25;/h1-10,12H,11H2;1H/q+1;/p-1. The minimum atomic E-state index is -0.516. The third kappa shape index (κ3) is 4.80. The number of hydrogen-bond donors (Lipinski definition) is 0. The molecule has 3 rings (SSSR count). The van der Waals surface area contributed by atoms with Crippen molar-refractivity contribution < 1.29 is 31.3 Å². The summed E-state index contributed by atoms with van der Waals surface area (Å²) in [5.74, 6) is -0.217. The lowest BCUT2D eigenvalue weighted by Crippen LogP contribution is -3.00. The first-order valence-corrected chi connectivity index (χ1v) is 8.21. The Hall–Kier alpha value is -2.45. The number of ketones is 1. The summed E-state index contributed by atoms with van der Waals surface area (Å²) in [6, 6.07) is 15.3. The van der Waals surface area contributed by atoms with E-state index in [1.165, 1.54) is 18.2 Å². The number of nitrogens with zero attached hydrogens (tertiary/aromatic N) is 3. The number of nitro groups is 1. The Bertz CT molecular complexity index is 946. The van der Waals surface area contributed by atoms with Crippen LogP contribution in [0.2, 0.25) is 0 Å². The Kier molecular flexibility index (Phi) is 6.70. The summed E-state index contributed by atoms with van der Waals surface area (Å²) < 4.78 is 2.60. The van der Waals surface area contributed by atoms with E-state index < -0.39 is 4.92 Å². The van der Waals surface area contributed by atoms with Crippen LogP contribution in [0, 0.1) is 10.1 Å². The van der Waals surface area contributed by atoms with E-state index in [1.54, 1.807) is 23.2 Å². The van der Waals surface area contributed by atoms with E-state index >= 15 is 0 Å². The fourth-order valence-electron chi connectivity index (χ4n) is 2.35. The van der Waals surface area contributed by atoms with Crippen LogP contribution in [0.1, 0.15) is 10.4 Å². The molecule has 3 aromatic rings. The van der Waals surface area contributed by atoms with Gasteiger partial charge in [0.1, 0.15) is 0 Å². The number of Topliss-reactive ketones (excluding diaryl/α,β-unsaturated/α-hetero) is 1.